The second kappa shape index (κ2) is 9.73. The van der Waals surface area contributed by atoms with Gasteiger partial charge in [-0.1, -0.05) is 6.07 Å². The summed E-state index contributed by atoms with van der Waals surface area (Å²) in [5.41, 5.74) is 0.688. The van der Waals surface area contributed by atoms with Crippen molar-refractivity contribution in [2.45, 2.75) is 64.0 Å². The fourth-order valence-electron chi connectivity index (χ4n) is 4.40. The molecule has 2 aliphatic heterocycles. The average molecular weight is 481 g/mol. The van der Waals surface area contributed by atoms with Crippen LogP contribution in [0.3, 0.4) is 0 Å². The summed E-state index contributed by atoms with van der Waals surface area (Å²) in [7, 11) is 0. The standard InChI is InChI=1S/C23H28F4N6O/c1-13(2)30-21-29-11-15-7-9-33(12-19(15)31-21)22(34)32-20(18-4-3-8-28-18)14-5-6-16(17(24)10-14)23(25,26)27/h5-6,10-11,13,18,20,28H,3-4,7-9,12H2,1-2H3,(H,32,34)(H,29,30,31). The molecule has 3 N–H and O–H groups in total. The Hall–Kier alpha value is -2.95. The molecule has 1 saturated heterocycles. The van der Waals surface area contributed by atoms with Crippen molar-refractivity contribution in [2.24, 2.45) is 0 Å². The number of nitrogens with one attached hydrogen (secondary N) is 3. The minimum Gasteiger partial charge on any atom is -0.352 e. The monoisotopic (exact) mass is 480 g/mol. The number of fused-ring (bicyclic) bond motifs is 1. The molecule has 34 heavy (non-hydrogen) atoms. The average Bonchev–Trinajstić information content (AvgIpc) is 3.30. The summed E-state index contributed by atoms with van der Waals surface area (Å²) >= 11 is 0. The van der Waals surface area contributed by atoms with Gasteiger partial charge < -0.3 is 20.9 Å². The van der Waals surface area contributed by atoms with Crippen molar-refractivity contribution in [1.82, 2.24) is 25.5 Å². The second-order valence-corrected chi connectivity index (χ2v) is 9.00. The van der Waals surface area contributed by atoms with Gasteiger partial charge in [0.1, 0.15) is 5.82 Å². The van der Waals surface area contributed by atoms with E-state index in [9.17, 15) is 22.4 Å². The molecular weight excluding hydrogens is 452 g/mol. The molecule has 184 valence electrons. The highest BCUT2D eigenvalue weighted by atomic mass is 19.4. The van der Waals surface area contributed by atoms with Gasteiger partial charge in [0, 0.05) is 24.8 Å². The summed E-state index contributed by atoms with van der Waals surface area (Å²) in [4.78, 5) is 23.6. The molecule has 2 aromatic rings. The molecule has 11 heteroatoms. The largest absolute Gasteiger partial charge is 0.419 e. The predicted molar refractivity (Wildman–Crippen MR) is 119 cm³/mol. The topological polar surface area (TPSA) is 82.2 Å². The smallest absolute Gasteiger partial charge is 0.352 e. The molecule has 1 aromatic heterocycles. The zero-order valence-electron chi connectivity index (χ0n) is 19.0. The molecule has 7 nitrogen and oxygen atoms in total. The summed E-state index contributed by atoms with van der Waals surface area (Å²) in [5.74, 6) is -0.861. The van der Waals surface area contributed by atoms with E-state index in [1.807, 2.05) is 13.8 Å². The van der Waals surface area contributed by atoms with Crippen LogP contribution in [0, 0.1) is 5.82 Å². The van der Waals surface area contributed by atoms with E-state index in [1.165, 1.54) is 6.07 Å². The molecule has 2 unspecified atom stereocenters. The zero-order valence-corrected chi connectivity index (χ0v) is 19.0. The fourth-order valence-corrected chi connectivity index (χ4v) is 4.40. The number of halogens is 4. The van der Waals surface area contributed by atoms with Crippen molar-refractivity contribution in [3.8, 4) is 0 Å². The highest BCUT2D eigenvalue weighted by molar-refractivity contribution is 5.75. The van der Waals surface area contributed by atoms with Crippen molar-refractivity contribution in [2.75, 3.05) is 18.4 Å². The highest BCUT2D eigenvalue weighted by Gasteiger charge is 2.36. The van der Waals surface area contributed by atoms with Crippen molar-refractivity contribution >= 4 is 12.0 Å². The third kappa shape index (κ3) is 5.40. The van der Waals surface area contributed by atoms with E-state index in [0.717, 1.165) is 36.4 Å². The highest BCUT2D eigenvalue weighted by Crippen LogP contribution is 2.33. The Morgan fingerprint density at radius 2 is 2.09 bits per heavy atom. The van der Waals surface area contributed by atoms with Gasteiger partial charge in [0.15, 0.2) is 0 Å². The molecule has 1 aromatic carbocycles. The molecule has 2 aliphatic rings. The van der Waals surface area contributed by atoms with E-state index in [4.69, 9.17) is 0 Å². The van der Waals surface area contributed by atoms with Crippen LogP contribution in [0.25, 0.3) is 0 Å². The molecule has 0 saturated carbocycles. The van der Waals surface area contributed by atoms with Gasteiger partial charge in [-0.2, -0.15) is 13.2 Å². The van der Waals surface area contributed by atoms with Crippen LogP contribution < -0.4 is 16.0 Å². The van der Waals surface area contributed by atoms with Crippen LogP contribution in [0.4, 0.5) is 28.3 Å². The number of nitrogens with zero attached hydrogens (tertiary/aromatic N) is 3. The van der Waals surface area contributed by atoms with Gasteiger partial charge in [-0.15, -0.1) is 0 Å². The first-order valence-electron chi connectivity index (χ1n) is 11.4. The predicted octanol–water partition coefficient (Wildman–Crippen LogP) is 4.02. The maximum absolute atomic E-state index is 14.3. The minimum absolute atomic E-state index is 0.157. The summed E-state index contributed by atoms with van der Waals surface area (Å²) < 4.78 is 53.3. The first kappa shape index (κ1) is 24.2. The first-order chi connectivity index (χ1) is 16.1. The second-order valence-electron chi connectivity index (χ2n) is 9.00. The van der Waals surface area contributed by atoms with E-state index in [1.54, 1.807) is 11.1 Å². The van der Waals surface area contributed by atoms with Gasteiger partial charge in [-0.05, 0) is 62.9 Å². The number of carbonyl (C=O) groups excluding carboxylic acids is 1. The Kier molecular flexibility index (Phi) is 6.92. The third-order valence-corrected chi connectivity index (χ3v) is 6.09. The lowest BCUT2D eigenvalue weighted by atomic mass is 9.96. The number of urea groups is 1. The Bertz CT molecular complexity index is 1040. The summed E-state index contributed by atoms with van der Waals surface area (Å²) in [6.45, 7) is 5.40. The van der Waals surface area contributed by atoms with E-state index >= 15 is 0 Å². The Labute approximate surface area is 195 Å². The Morgan fingerprint density at radius 1 is 1.29 bits per heavy atom. The maximum atomic E-state index is 14.3. The number of alkyl halides is 3. The molecule has 2 atom stereocenters. The van der Waals surface area contributed by atoms with E-state index < -0.39 is 23.6 Å². The summed E-state index contributed by atoms with van der Waals surface area (Å²) in [6.07, 6.45) is -0.850. The molecule has 2 amide bonds. The van der Waals surface area contributed by atoms with Gasteiger partial charge in [-0.25, -0.2) is 19.2 Å². The first-order valence-corrected chi connectivity index (χ1v) is 11.4. The van der Waals surface area contributed by atoms with E-state index in [2.05, 4.69) is 25.9 Å². The van der Waals surface area contributed by atoms with Crippen LogP contribution in [0.15, 0.2) is 24.4 Å². The lowest BCUT2D eigenvalue weighted by Gasteiger charge is -2.32. The van der Waals surface area contributed by atoms with Crippen molar-refractivity contribution < 1.29 is 22.4 Å². The molecule has 4 rings (SSSR count). The van der Waals surface area contributed by atoms with Crippen LogP contribution in [0.5, 0.6) is 0 Å². The number of hydrogen-bond donors (Lipinski definition) is 3. The number of hydrogen-bond acceptors (Lipinski definition) is 5. The van der Waals surface area contributed by atoms with Crippen LogP contribution in [-0.4, -0.2) is 46.1 Å². The fraction of sp³-hybridized carbons (Fsp3) is 0.522. The SMILES string of the molecule is CC(C)Nc1ncc2c(n1)CN(C(=O)NC(c1ccc(C(F)(F)F)c(F)c1)C1CCCN1)CC2. The summed E-state index contributed by atoms with van der Waals surface area (Å²) in [5, 5.41) is 9.33. The third-order valence-electron chi connectivity index (χ3n) is 6.09. The number of carbonyl (C=O) groups is 1. The van der Waals surface area contributed by atoms with E-state index in [-0.39, 0.29) is 24.7 Å². The maximum Gasteiger partial charge on any atom is 0.419 e. The molecule has 1 fully saturated rings. The Balaban J connectivity index is 1.52. The van der Waals surface area contributed by atoms with Crippen molar-refractivity contribution in [3.05, 3.63) is 52.6 Å². The van der Waals surface area contributed by atoms with Gasteiger partial charge >= 0.3 is 12.2 Å². The van der Waals surface area contributed by atoms with Gasteiger partial charge in [-0.3, -0.25) is 0 Å². The quantitative estimate of drug-likeness (QED) is 0.564. The number of amides is 2. The molecule has 0 radical (unpaired) electrons. The van der Waals surface area contributed by atoms with Crippen LogP contribution in [-0.2, 0) is 19.1 Å². The zero-order chi connectivity index (χ0) is 24.5. The number of rotatable bonds is 5. The van der Waals surface area contributed by atoms with Crippen LogP contribution >= 0.6 is 0 Å². The molecular formula is C23H28F4N6O. The lowest BCUT2D eigenvalue weighted by Crippen LogP contribution is -2.48. The normalized spacial score (nSPS) is 19.1. The van der Waals surface area contributed by atoms with Gasteiger partial charge in [0.2, 0.25) is 5.95 Å². The number of benzene rings is 1. The van der Waals surface area contributed by atoms with Crippen LogP contribution in [0.2, 0.25) is 0 Å². The molecule has 3 heterocycles. The van der Waals surface area contributed by atoms with Gasteiger partial charge in [0.25, 0.3) is 0 Å². The van der Waals surface area contributed by atoms with Crippen molar-refractivity contribution in [3.63, 3.8) is 0 Å². The van der Waals surface area contributed by atoms with Crippen molar-refractivity contribution in [1.29, 1.82) is 0 Å². The number of anilines is 1. The van der Waals surface area contributed by atoms with Gasteiger partial charge in [0.05, 0.1) is 23.8 Å². The summed E-state index contributed by atoms with van der Waals surface area (Å²) in [6, 6.07) is 1.75. The molecule has 0 bridgehead atoms. The van der Waals surface area contributed by atoms with E-state index in [0.29, 0.717) is 30.9 Å². The molecule has 0 spiro atoms. The lowest BCUT2D eigenvalue weighted by molar-refractivity contribution is -0.140. The minimum atomic E-state index is -4.78. The van der Waals surface area contributed by atoms with Crippen LogP contribution in [0.1, 0.15) is 55.1 Å². The Morgan fingerprint density at radius 3 is 2.74 bits per heavy atom. The molecule has 0 aliphatic carbocycles. The number of aromatic nitrogens is 2.